The molecule has 0 spiro atoms. The van der Waals surface area contributed by atoms with Crippen LogP contribution in [0.5, 0.6) is 0 Å². The lowest BCUT2D eigenvalue weighted by molar-refractivity contribution is -0.144. The van der Waals surface area contributed by atoms with Crippen LogP contribution in [-0.2, 0) is 0 Å². The molecule has 1 unspecified atom stereocenters. The first-order chi connectivity index (χ1) is 8.64. The number of alkyl halides is 2. The molecule has 1 aromatic heterocycles. The summed E-state index contributed by atoms with van der Waals surface area (Å²) in [5, 5.41) is 17.9. The Hall–Kier alpha value is -1.20. The van der Waals surface area contributed by atoms with E-state index < -0.39 is 17.4 Å². The zero-order valence-corrected chi connectivity index (χ0v) is 11.6. The first kappa shape index (κ1) is 14.2. The lowest BCUT2D eigenvalue weighted by Crippen LogP contribution is -2.39. The Balaban J connectivity index is 2.58. The van der Waals surface area contributed by atoms with Crippen LogP contribution < -0.4 is 0 Å². The summed E-state index contributed by atoms with van der Waals surface area (Å²) in [7, 11) is 0. The summed E-state index contributed by atoms with van der Waals surface area (Å²) in [4.78, 5) is 0. The van der Waals surface area contributed by atoms with E-state index in [1.54, 1.807) is 6.07 Å². The first-order valence-corrected chi connectivity index (χ1v) is 6.21. The molecule has 1 atom stereocenters. The fraction of sp³-hybridized carbons (Fsp3) is 0.462. The molecule has 0 fully saturated rings. The molecule has 2 N–H and O–H groups in total. The van der Waals surface area contributed by atoms with Gasteiger partial charge in [0.15, 0.2) is 0 Å². The summed E-state index contributed by atoms with van der Waals surface area (Å²) in [5.41, 5.74) is -0.781. The van der Waals surface area contributed by atoms with Gasteiger partial charge in [0.1, 0.15) is 0 Å². The van der Waals surface area contributed by atoms with Crippen molar-refractivity contribution < 1.29 is 13.9 Å². The van der Waals surface area contributed by atoms with Crippen molar-refractivity contribution in [1.82, 2.24) is 10.2 Å². The minimum Gasteiger partial charge on any atom is -0.388 e. The molecule has 0 saturated heterocycles. The normalized spacial score (nSPS) is 14.9. The maximum absolute atomic E-state index is 13.6. The molecule has 1 heterocycles. The number of rotatable bonds is 3. The van der Waals surface area contributed by atoms with Gasteiger partial charge in [0.2, 0.25) is 0 Å². The molecule has 6 heteroatoms. The van der Waals surface area contributed by atoms with Crippen molar-refractivity contribution in [3.05, 3.63) is 28.9 Å². The van der Waals surface area contributed by atoms with Gasteiger partial charge in [0.25, 0.3) is 5.92 Å². The van der Waals surface area contributed by atoms with Gasteiger partial charge in [0, 0.05) is 16.0 Å². The minimum absolute atomic E-state index is 0.325. The van der Waals surface area contributed by atoms with Crippen molar-refractivity contribution in [1.29, 1.82) is 0 Å². The summed E-state index contributed by atoms with van der Waals surface area (Å²) in [6.45, 7) is 3.44. The zero-order valence-electron chi connectivity index (χ0n) is 10.8. The Morgan fingerprint density at radius 1 is 1.32 bits per heavy atom. The molecular formula is C13H15ClF2N2O. The van der Waals surface area contributed by atoms with Crippen molar-refractivity contribution in [2.75, 3.05) is 0 Å². The maximum Gasteiger partial charge on any atom is 0.253 e. The number of aromatic nitrogens is 2. The second-order valence-corrected chi connectivity index (χ2v) is 5.78. The van der Waals surface area contributed by atoms with E-state index in [2.05, 4.69) is 10.2 Å². The quantitative estimate of drug-likeness (QED) is 0.899. The number of aliphatic hydroxyl groups excluding tert-OH is 1. The number of H-pyrrole nitrogens is 1. The Morgan fingerprint density at radius 3 is 2.53 bits per heavy atom. The van der Waals surface area contributed by atoms with Gasteiger partial charge in [-0.1, -0.05) is 25.4 Å². The van der Waals surface area contributed by atoms with Crippen molar-refractivity contribution in [2.45, 2.75) is 32.8 Å². The number of nitrogens with one attached hydrogen (secondary N) is 1. The average molecular weight is 289 g/mol. The summed E-state index contributed by atoms with van der Waals surface area (Å²) in [6.07, 6.45) is 0.170. The number of aromatic amines is 1. The second kappa shape index (κ2) is 4.42. The maximum atomic E-state index is 13.6. The van der Waals surface area contributed by atoms with Gasteiger partial charge in [-0.05, 0) is 19.1 Å². The summed E-state index contributed by atoms with van der Waals surface area (Å²) < 4.78 is 27.3. The monoisotopic (exact) mass is 288 g/mol. The molecule has 0 aliphatic heterocycles. The number of halogens is 3. The molecule has 3 nitrogen and oxygen atoms in total. The SMILES string of the molecule is CC(F)(F)C(C)(C)C(O)c1cc(Cl)cc2cn[nH]c12. The number of fused-ring (bicyclic) bond motifs is 1. The largest absolute Gasteiger partial charge is 0.388 e. The third-order valence-corrected chi connectivity index (χ3v) is 3.87. The van der Waals surface area contributed by atoms with Crippen LogP contribution in [0.4, 0.5) is 8.78 Å². The van der Waals surface area contributed by atoms with Crippen LogP contribution in [0.15, 0.2) is 18.3 Å². The second-order valence-electron chi connectivity index (χ2n) is 5.34. The molecule has 2 aromatic rings. The van der Waals surface area contributed by atoms with Gasteiger partial charge in [0.05, 0.1) is 23.2 Å². The molecule has 0 aliphatic rings. The van der Waals surface area contributed by atoms with E-state index in [0.29, 0.717) is 21.5 Å². The summed E-state index contributed by atoms with van der Waals surface area (Å²) in [6, 6.07) is 3.15. The van der Waals surface area contributed by atoms with E-state index in [0.717, 1.165) is 6.92 Å². The van der Waals surface area contributed by atoms with Crippen LogP contribution in [0.25, 0.3) is 10.9 Å². The Morgan fingerprint density at radius 2 is 1.95 bits per heavy atom. The van der Waals surface area contributed by atoms with Crippen LogP contribution in [0.2, 0.25) is 5.02 Å². The molecule has 2 rings (SSSR count). The highest BCUT2D eigenvalue weighted by atomic mass is 35.5. The number of hydrogen-bond acceptors (Lipinski definition) is 2. The predicted molar refractivity (Wildman–Crippen MR) is 70.5 cm³/mol. The topological polar surface area (TPSA) is 48.9 Å². The van der Waals surface area contributed by atoms with E-state index in [4.69, 9.17) is 11.6 Å². The lowest BCUT2D eigenvalue weighted by atomic mass is 9.77. The van der Waals surface area contributed by atoms with E-state index in [-0.39, 0.29) is 0 Å². The van der Waals surface area contributed by atoms with Gasteiger partial charge in [-0.2, -0.15) is 5.10 Å². The highest BCUT2D eigenvalue weighted by Crippen LogP contribution is 2.47. The van der Waals surface area contributed by atoms with Gasteiger partial charge in [-0.3, -0.25) is 5.10 Å². The van der Waals surface area contributed by atoms with Crippen LogP contribution in [0, 0.1) is 5.41 Å². The highest BCUT2D eigenvalue weighted by molar-refractivity contribution is 6.31. The molecule has 0 saturated carbocycles. The van der Waals surface area contributed by atoms with Crippen molar-refractivity contribution in [3.63, 3.8) is 0 Å². The molecule has 1 aromatic carbocycles. The molecule has 19 heavy (non-hydrogen) atoms. The standard InChI is InChI=1S/C13H15ClF2N2O/c1-12(2,13(3,15)16)11(19)9-5-8(14)4-7-6-17-18-10(7)9/h4-6,11,19H,1-3H3,(H,17,18). The smallest absolute Gasteiger partial charge is 0.253 e. The van der Waals surface area contributed by atoms with E-state index in [1.165, 1.54) is 26.1 Å². The highest BCUT2D eigenvalue weighted by Gasteiger charge is 2.48. The van der Waals surface area contributed by atoms with E-state index >= 15 is 0 Å². The van der Waals surface area contributed by atoms with Gasteiger partial charge in [-0.25, -0.2) is 8.78 Å². The summed E-state index contributed by atoms with van der Waals surface area (Å²) >= 11 is 5.95. The summed E-state index contributed by atoms with van der Waals surface area (Å²) in [5.74, 6) is -3.04. The molecule has 0 bridgehead atoms. The van der Waals surface area contributed by atoms with Crippen LogP contribution in [0.3, 0.4) is 0 Å². The van der Waals surface area contributed by atoms with Gasteiger partial charge < -0.3 is 5.11 Å². The predicted octanol–water partition coefficient (Wildman–Crippen LogP) is 3.93. The van der Waals surface area contributed by atoms with E-state index in [1.807, 2.05) is 0 Å². The number of aliphatic hydroxyl groups is 1. The van der Waals surface area contributed by atoms with Crippen LogP contribution >= 0.6 is 11.6 Å². The Labute approximate surface area is 114 Å². The Bertz CT molecular complexity index is 604. The average Bonchev–Trinajstić information content (AvgIpc) is 2.72. The minimum atomic E-state index is -3.04. The third-order valence-electron chi connectivity index (χ3n) is 3.65. The fourth-order valence-electron chi connectivity index (χ4n) is 1.89. The first-order valence-electron chi connectivity index (χ1n) is 5.83. The van der Waals surface area contributed by atoms with Gasteiger partial charge >= 0.3 is 0 Å². The van der Waals surface area contributed by atoms with Crippen molar-refractivity contribution in [3.8, 4) is 0 Å². The van der Waals surface area contributed by atoms with Crippen molar-refractivity contribution >= 4 is 22.5 Å². The van der Waals surface area contributed by atoms with Crippen LogP contribution in [0.1, 0.15) is 32.4 Å². The number of nitrogens with zero attached hydrogens (tertiary/aromatic N) is 1. The van der Waals surface area contributed by atoms with Crippen molar-refractivity contribution in [2.24, 2.45) is 5.41 Å². The number of hydrogen-bond donors (Lipinski definition) is 2. The molecule has 0 radical (unpaired) electrons. The molecule has 0 aliphatic carbocycles. The third kappa shape index (κ3) is 2.32. The molecule has 104 valence electrons. The van der Waals surface area contributed by atoms with Gasteiger partial charge in [-0.15, -0.1) is 0 Å². The molecule has 0 amide bonds. The lowest BCUT2D eigenvalue weighted by Gasteiger charge is -2.36. The number of benzene rings is 1. The fourth-order valence-corrected chi connectivity index (χ4v) is 2.13. The van der Waals surface area contributed by atoms with E-state index in [9.17, 15) is 13.9 Å². The zero-order chi connectivity index (χ0) is 14.4. The molecular weight excluding hydrogens is 274 g/mol. The Kier molecular flexibility index (Phi) is 3.31. The van der Waals surface area contributed by atoms with Crippen LogP contribution in [-0.4, -0.2) is 21.2 Å².